The summed E-state index contributed by atoms with van der Waals surface area (Å²) in [5, 5.41) is 0. The van der Waals surface area contributed by atoms with E-state index in [2.05, 4.69) is 0 Å². The van der Waals surface area contributed by atoms with Crippen LogP contribution in [-0.2, 0) is 14.3 Å². The average Bonchev–Trinajstić information content (AvgIpc) is 2.89. The number of carbonyl (C=O) groups excluding carboxylic acids is 2. The summed E-state index contributed by atoms with van der Waals surface area (Å²) in [5.41, 5.74) is 0. The van der Waals surface area contributed by atoms with Gasteiger partial charge in [0.15, 0.2) is 0 Å². The number of nitrogens with zero attached hydrogens (tertiary/aromatic N) is 1. The lowest BCUT2D eigenvalue weighted by molar-refractivity contribution is -0.152. The Labute approximate surface area is 89.6 Å². The molecular weight excluding hydrogens is 194 g/mol. The number of ether oxygens (including phenoxy) is 1. The number of amides is 1. The summed E-state index contributed by atoms with van der Waals surface area (Å²) >= 11 is 0. The Morgan fingerprint density at radius 2 is 2.13 bits per heavy atom. The van der Waals surface area contributed by atoms with Crippen molar-refractivity contribution in [2.75, 3.05) is 6.54 Å². The van der Waals surface area contributed by atoms with Gasteiger partial charge in [0.2, 0.25) is 5.91 Å². The quantitative estimate of drug-likeness (QED) is 0.653. The molecule has 15 heavy (non-hydrogen) atoms. The Balaban J connectivity index is 1.90. The fourth-order valence-corrected chi connectivity index (χ4v) is 1.96. The number of likely N-dealkylation sites (tertiary alicyclic amines) is 1. The highest BCUT2D eigenvalue weighted by atomic mass is 16.5. The highest BCUT2D eigenvalue weighted by molar-refractivity contribution is 5.87. The summed E-state index contributed by atoms with van der Waals surface area (Å²) in [6.45, 7) is 4.22. The summed E-state index contributed by atoms with van der Waals surface area (Å²) in [4.78, 5) is 25.0. The molecule has 1 atom stereocenters. The minimum Gasteiger partial charge on any atom is -0.463 e. The highest BCUT2D eigenvalue weighted by Gasteiger charge is 2.42. The second-order valence-corrected chi connectivity index (χ2v) is 4.66. The lowest BCUT2D eigenvalue weighted by atomic mass is 10.1. The molecule has 0 aromatic carbocycles. The molecule has 0 N–H and O–H groups in total. The van der Waals surface area contributed by atoms with E-state index in [1.165, 1.54) is 0 Å². The van der Waals surface area contributed by atoms with Crippen molar-refractivity contribution < 1.29 is 14.3 Å². The Morgan fingerprint density at radius 1 is 1.47 bits per heavy atom. The smallest absolute Gasteiger partial charge is 0.311 e. The van der Waals surface area contributed by atoms with E-state index < -0.39 is 0 Å². The van der Waals surface area contributed by atoms with E-state index in [4.69, 9.17) is 4.74 Å². The van der Waals surface area contributed by atoms with E-state index in [0.29, 0.717) is 19.0 Å². The van der Waals surface area contributed by atoms with Crippen molar-refractivity contribution in [1.29, 1.82) is 0 Å². The maximum absolute atomic E-state index is 11.6. The standard InChI is InChI=1S/C11H17NO3/c1-7(2)15-11(14)8-5-10(13)12(6-8)9-3-4-9/h7-9H,3-6H2,1-2H3. The van der Waals surface area contributed by atoms with Crippen molar-refractivity contribution in [3.8, 4) is 0 Å². The SMILES string of the molecule is CC(C)OC(=O)C1CC(=O)N(C2CC2)C1. The summed E-state index contributed by atoms with van der Waals surface area (Å²) in [6, 6.07) is 0.411. The topological polar surface area (TPSA) is 46.6 Å². The van der Waals surface area contributed by atoms with Gasteiger partial charge in [0.05, 0.1) is 12.0 Å². The van der Waals surface area contributed by atoms with E-state index >= 15 is 0 Å². The number of esters is 1. The zero-order chi connectivity index (χ0) is 11.0. The Hall–Kier alpha value is -1.06. The van der Waals surface area contributed by atoms with Crippen LogP contribution >= 0.6 is 0 Å². The zero-order valence-corrected chi connectivity index (χ0v) is 9.23. The minimum absolute atomic E-state index is 0.0948. The van der Waals surface area contributed by atoms with Crippen LogP contribution in [-0.4, -0.2) is 35.5 Å². The Bertz CT molecular complexity index is 284. The fraction of sp³-hybridized carbons (Fsp3) is 0.818. The van der Waals surface area contributed by atoms with E-state index in [-0.39, 0.29) is 23.9 Å². The first kappa shape index (κ1) is 10.5. The molecule has 1 heterocycles. The van der Waals surface area contributed by atoms with Gasteiger partial charge < -0.3 is 9.64 Å². The molecule has 0 bridgehead atoms. The molecule has 4 nitrogen and oxygen atoms in total. The van der Waals surface area contributed by atoms with Crippen LogP contribution in [0.2, 0.25) is 0 Å². The first-order valence-corrected chi connectivity index (χ1v) is 5.58. The van der Waals surface area contributed by atoms with Gasteiger partial charge in [-0.25, -0.2) is 0 Å². The van der Waals surface area contributed by atoms with E-state index in [1.807, 2.05) is 18.7 Å². The minimum atomic E-state index is -0.236. The second kappa shape index (κ2) is 3.83. The van der Waals surface area contributed by atoms with E-state index in [1.54, 1.807) is 0 Å². The number of hydrogen-bond donors (Lipinski definition) is 0. The third-order valence-electron chi connectivity index (χ3n) is 2.83. The van der Waals surface area contributed by atoms with Crippen molar-refractivity contribution in [2.45, 2.75) is 45.3 Å². The van der Waals surface area contributed by atoms with Gasteiger partial charge in [-0.15, -0.1) is 0 Å². The molecule has 84 valence electrons. The molecule has 1 saturated carbocycles. The zero-order valence-electron chi connectivity index (χ0n) is 9.23. The van der Waals surface area contributed by atoms with Crippen LogP contribution in [0.4, 0.5) is 0 Å². The molecule has 1 saturated heterocycles. The van der Waals surface area contributed by atoms with Crippen LogP contribution in [0.15, 0.2) is 0 Å². The number of rotatable bonds is 3. The third-order valence-corrected chi connectivity index (χ3v) is 2.83. The average molecular weight is 211 g/mol. The molecule has 2 fully saturated rings. The van der Waals surface area contributed by atoms with Crippen molar-refractivity contribution in [1.82, 2.24) is 4.90 Å². The van der Waals surface area contributed by atoms with E-state index in [0.717, 1.165) is 12.8 Å². The van der Waals surface area contributed by atoms with Gasteiger partial charge in [0.1, 0.15) is 0 Å². The van der Waals surface area contributed by atoms with Crippen molar-refractivity contribution in [2.24, 2.45) is 5.92 Å². The molecule has 0 aromatic rings. The maximum atomic E-state index is 11.6. The molecule has 0 aromatic heterocycles. The molecule has 2 rings (SSSR count). The van der Waals surface area contributed by atoms with E-state index in [9.17, 15) is 9.59 Å². The molecular formula is C11H17NO3. The largest absolute Gasteiger partial charge is 0.463 e. The van der Waals surface area contributed by atoms with Crippen LogP contribution in [0.25, 0.3) is 0 Å². The molecule has 1 unspecified atom stereocenters. The van der Waals surface area contributed by atoms with Gasteiger partial charge in [-0.3, -0.25) is 9.59 Å². The molecule has 0 spiro atoms. The highest BCUT2D eigenvalue weighted by Crippen LogP contribution is 2.32. The van der Waals surface area contributed by atoms with Crippen LogP contribution in [0.1, 0.15) is 33.1 Å². The summed E-state index contributed by atoms with van der Waals surface area (Å²) in [7, 11) is 0. The fourth-order valence-electron chi connectivity index (χ4n) is 1.96. The van der Waals surface area contributed by atoms with Gasteiger partial charge in [-0.05, 0) is 26.7 Å². The van der Waals surface area contributed by atoms with Crippen LogP contribution < -0.4 is 0 Å². The van der Waals surface area contributed by atoms with Crippen molar-refractivity contribution in [3.05, 3.63) is 0 Å². The number of hydrogen-bond acceptors (Lipinski definition) is 3. The third kappa shape index (κ3) is 2.30. The predicted octanol–water partition coefficient (Wildman–Crippen LogP) is 0.949. The van der Waals surface area contributed by atoms with Crippen LogP contribution in [0, 0.1) is 5.92 Å². The van der Waals surface area contributed by atoms with Crippen molar-refractivity contribution >= 4 is 11.9 Å². The van der Waals surface area contributed by atoms with Gasteiger partial charge in [-0.2, -0.15) is 0 Å². The summed E-state index contributed by atoms with van der Waals surface area (Å²) < 4.78 is 5.11. The van der Waals surface area contributed by atoms with Crippen LogP contribution in [0.3, 0.4) is 0 Å². The molecule has 2 aliphatic rings. The second-order valence-electron chi connectivity index (χ2n) is 4.66. The van der Waals surface area contributed by atoms with Crippen molar-refractivity contribution in [3.63, 3.8) is 0 Å². The maximum Gasteiger partial charge on any atom is 0.311 e. The van der Waals surface area contributed by atoms with Gasteiger partial charge in [-0.1, -0.05) is 0 Å². The first-order valence-electron chi connectivity index (χ1n) is 5.58. The molecule has 0 radical (unpaired) electrons. The molecule has 1 aliphatic heterocycles. The van der Waals surface area contributed by atoms with Crippen LogP contribution in [0.5, 0.6) is 0 Å². The predicted molar refractivity (Wildman–Crippen MR) is 54.1 cm³/mol. The van der Waals surface area contributed by atoms with Gasteiger partial charge >= 0.3 is 5.97 Å². The normalized spacial score (nSPS) is 26.2. The lowest BCUT2D eigenvalue weighted by Gasteiger charge is -2.15. The molecule has 1 amide bonds. The summed E-state index contributed by atoms with van der Waals surface area (Å²) in [5.74, 6) is -0.342. The Morgan fingerprint density at radius 3 is 2.67 bits per heavy atom. The first-order chi connectivity index (χ1) is 7.08. The molecule has 4 heteroatoms. The monoisotopic (exact) mass is 211 g/mol. The van der Waals surface area contributed by atoms with Gasteiger partial charge in [0.25, 0.3) is 0 Å². The summed E-state index contributed by atoms with van der Waals surface area (Å²) in [6.07, 6.45) is 2.43. The number of carbonyl (C=O) groups is 2. The Kier molecular flexibility index (Phi) is 2.67. The van der Waals surface area contributed by atoms with Gasteiger partial charge in [0, 0.05) is 19.0 Å². The molecule has 1 aliphatic carbocycles. The lowest BCUT2D eigenvalue weighted by Crippen LogP contribution is -2.29.